The first-order valence-corrected chi connectivity index (χ1v) is 8.59. The first-order chi connectivity index (χ1) is 10.5. The van der Waals surface area contributed by atoms with Crippen molar-refractivity contribution in [3.8, 4) is 16.8 Å². The van der Waals surface area contributed by atoms with Crippen molar-refractivity contribution in [3.05, 3.63) is 67.5 Å². The molecule has 0 amide bonds. The van der Waals surface area contributed by atoms with Crippen LogP contribution in [0.15, 0.2) is 42.5 Å². The van der Waals surface area contributed by atoms with Crippen LogP contribution in [0.25, 0.3) is 16.8 Å². The van der Waals surface area contributed by atoms with E-state index in [4.69, 9.17) is 28.3 Å². The van der Waals surface area contributed by atoms with E-state index in [1.807, 2.05) is 41.9 Å². The van der Waals surface area contributed by atoms with Gasteiger partial charge in [0.05, 0.1) is 21.4 Å². The summed E-state index contributed by atoms with van der Waals surface area (Å²) in [5.41, 5.74) is 5.25. The summed E-state index contributed by atoms with van der Waals surface area (Å²) >= 11 is 14.5. The summed E-state index contributed by atoms with van der Waals surface area (Å²) in [4.78, 5) is 0. The number of hydrogen-bond donors (Lipinski definition) is 0. The highest BCUT2D eigenvalue weighted by atomic mass is 127. The number of benzene rings is 2. The maximum Gasteiger partial charge on any atom is 0.0782 e. The molecule has 0 saturated heterocycles. The summed E-state index contributed by atoms with van der Waals surface area (Å²) in [6.45, 7) is 4.08. The van der Waals surface area contributed by atoms with Gasteiger partial charge in [0.1, 0.15) is 0 Å². The normalized spacial score (nSPS) is 11.0. The Morgan fingerprint density at radius 3 is 2.41 bits per heavy atom. The average Bonchev–Trinajstić information content (AvgIpc) is 2.78. The lowest BCUT2D eigenvalue weighted by Crippen LogP contribution is -2.01. The minimum atomic E-state index is 0.556. The zero-order valence-electron chi connectivity index (χ0n) is 12.1. The summed E-state index contributed by atoms with van der Waals surface area (Å²) < 4.78 is 3.14. The molecule has 0 N–H and O–H groups in total. The van der Waals surface area contributed by atoms with Crippen molar-refractivity contribution in [2.24, 2.45) is 0 Å². The number of aryl methyl sites for hydroxylation is 1. The Morgan fingerprint density at radius 1 is 1.00 bits per heavy atom. The first-order valence-electron chi connectivity index (χ1n) is 6.75. The smallest absolute Gasteiger partial charge is 0.0782 e. The van der Waals surface area contributed by atoms with Gasteiger partial charge in [0, 0.05) is 14.8 Å². The van der Waals surface area contributed by atoms with Crippen molar-refractivity contribution in [1.82, 2.24) is 9.78 Å². The predicted molar refractivity (Wildman–Crippen MR) is 101 cm³/mol. The van der Waals surface area contributed by atoms with Crippen LogP contribution < -0.4 is 0 Å². The van der Waals surface area contributed by atoms with Crippen LogP contribution in [0.3, 0.4) is 0 Å². The fraction of sp³-hybridized carbons (Fsp3) is 0.118. The SMILES string of the molecule is Cc1nn(-c2ccccc2I)c(C)c1-c1ccc(Cl)c(Cl)c1. The van der Waals surface area contributed by atoms with Gasteiger partial charge >= 0.3 is 0 Å². The Labute approximate surface area is 153 Å². The highest BCUT2D eigenvalue weighted by Gasteiger charge is 2.16. The van der Waals surface area contributed by atoms with Crippen LogP contribution in [0.5, 0.6) is 0 Å². The molecule has 0 atom stereocenters. The molecule has 0 spiro atoms. The molecule has 0 saturated carbocycles. The zero-order chi connectivity index (χ0) is 15.9. The molecule has 0 bridgehead atoms. The molecular formula is C17H13Cl2IN2. The van der Waals surface area contributed by atoms with Crippen LogP contribution in [0.1, 0.15) is 11.4 Å². The van der Waals surface area contributed by atoms with E-state index in [1.165, 1.54) is 0 Å². The van der Waals surface area contributed by atoms with E-state index in [0.717, 1.165) is 31.8 Å². The van der Waals surface area contributed by atoms with Crippen molar-refractivity contribution in [3.63, 3.8) is 0 Å². The number of nitrogens with zero attached hydrogens (tertiary/aromatic N) is 2. The first kappa shape index (κ1) is 15.8. The molecule has 3 aromatic rings. The Hall–Kier alpha value is -1.04. The molecule has 22 heavy (non-hydrogen) atoms. The third-order valence-electron chi connectivity index (χ3n) is 3.58. The quantitative estimate of drug-likeness (QED) is 0.440. The number of hydrogen-bond acceptors (Lipinski definition) is 1. The Kier molecular flexibility index (Phi) is 4.48. The van der Waals surface area contributed by atoms with Crippen LogP contribution in [-0.2, 0) is 0 Å². The average molecular weight is 443 g/mol. The van der Waals surface area contributed by atoms with Crippen molar-refractivity contribution in [1.29, 1.82) is 0 Å². The van der Waals surface area contributed by atoms with Gasteiger partial charge in [-0.25, -0.2) is 4.68 Å². The monoisotopic (exact) mass is 442 g/mol. The molecule has 3 rings (SSSR count). The number of aromatic nitrogens is 2. The molecular weight excluding hydrogens is 430 g/mol. The van der Waals surface area contributed by atoms with Crippen molar-refractivity contribution in [2.75, 3.05) is 0 Å². The van der Waals surface area contributed by atoms with Gasteiger partial charge < -0.3 is 0 Å². The van der Waals surface area contributed by atoms with Crippen LogP contribution in [0.4, 0.5) is 0 Å². The molecule has 2 aromatic carbocycles. The maximum absolute atomic E-state index is 6.16. The summed E-state index contributed by atoms with van der Waals surface area (Å²) in [6, 6.07) is 13.9. The Balaban J connectivity index is 2.19. The van der Waals surface area contributed by atoms with Crippen LogP contribution in [0, 0.1) is 17.4 Å². The lowest BCUT2D eigenvalue weighted by Gasteiger charge is -2.08. The summed E-state index contributed by atoms with van der Waals surface area (Å²) in [6.07, 6.45) is 0. The highest BCUT2D eigenvalue weighted by Crippen LogP contribution is 2.33. The molecule has 2 nitrogen and oxygen atoms in total. The summed E-state index contributed by atoms with van der Waals surface area (Å²) in [5, 5.41) is 5.82. The van der Waals surface area contributed by atoms with Gasteiger partial charge in [-0.3, -0.25) is 0 Å². The fourth-order valence-corrected chi connectivity index (χ4v) is 3.48. The molecule has 0 unspecified atom stereocenters. The number of para-hydroxylation sites is 1. The summed E-state index contributed by atoms with van der Waals surface area (Å²) in [7, 11) is 0. The van der Waals surface area contributed by atoms with Gasteiger partial charge in [0.2, 0.25) is 0 Å². The number of halogens is 3. The van der Waals surface area contributed by atoms with Crippen LogP contribution in [-0.4, -0.2) is 9.78 Å². The molecule has 5 heteroatoms. The summed E-state index contributed by atoms with van der Waals surface area (Å²) in [5.74, 6) is 0. The zero-order valence-corrected chi connectivity index (χ0v) is 15.7. The molecule has 0 radical (unpaired) electrons. The molecule has 112 valence electrons. The van der Waals surface area contributed by atoms with Crippen molar-refractivity contribution in [2.45, 2.75) is 13.8 Å². The molecule has 0 aliphatic carbocycles. The minimum absolute atomic E-state index is 0.556. The van der Waals surface area contributed by atoms with E-state index in [-0.39, 0.29) is 0 Å². The second-order valence-corrected chi connectivity index (χ2v) is 7.01. The minimum Gasteiger partial charge on any atom is -0.236 e. The van der Waals surface area contributed by atoms with Gasteiger partial charge in [-0.1, -0.05) is 41.4 Å². The molecule has 1 aromatic heterocycles. The highest BCUT2D eigenvalue weighted by molar-refractivity contribution is 14.1. The van der Waals surface area contributed by atoms with E-state index >= 15 is 0 Å². The van der Waals surface area contributed by atoms with Crippen LogP contribution >= 0.6 is 45.8 Å². The van der Waals surface area contributed by atoms with Crippen LogP contribution in [0.2, 0.25) is 10.0 Å². The third kappa shape index (κ3) is 2.77. The standard InChI is InChI=1S/C17H13Cl2IN2/c1-10-17(12-7-8-13(18)14(19)9-12)11(2)22(21-10)16-6-4-3-5-15(16)20/h3-9H,1-2H3. The maximum atomic E-state index is 6.16. The van der Waals surface area contributed by atoms with E-state index in [0.29, 0.717) is 10.0 Å². The van der Waals surface area contributed by atoms with Crippen molar-refractivity contribution >= 4 is 45.8 Å². The lowest BCUT2D eigenvalue weighted by molar-refractivity contribution is 0.830. The largest absolute Gasteiger partial charge is 0.236 e. The topological polar surface area (TPSA) is 17.8 Å². The van der Waals surface area contributed by atoms with Gasteiger partial charge in [0.15, 0.2) is 0 Å². The van der Waals surface area contributed by atoms with Gasteiger partial charge in [-0.05, 0) is 66.3 Å². The fourth-order valence-electron chi connectivity index (χ4n) is 2.57. The van der Waals surface area contributed by atoms with Gasteiger partial charge in [-0.2, -0.15) is 5.10 Å². The van der Waals surface area contributed by atoms with Gasteiger partial charge in [-0.15, -0.1) is 0 Å². The van der Waals surface area contributed by atoms with E-state index < -0.39 is 0 Å². The van der Waals surface area contributed by atoms with Gasteiger partial charge in [0.25, 0.3) is 0 Å². The molecule has 0 fully saturated rings. The Morgan fingerprint density at radius 2 is 1.73 bits per heavy atom. The number of rotatable bonds is 2. The predicted octanol–water partition coefficient (Wildman–Crippen LogP) is 6.07. The van der Waals surface area contributed by atoms with E-state index in [9.17, 15) is 0 Å². The molecule has 1 heterocycles. The third-order valence-corrected chi connectivity index (χ3v) is 5.23. The van der Waals surface area contributed by atoms with Crippen molar-refractivity contribution < 1.29 is 0 Å². The lowest BCUT2D eigenvalue weighted by atomic mass is 10.0. The van der Waals surface area contributed by atoms with E-state index in [2.05, 4.69) is 41.6 Å². The molecule has 0 aliphatic heterocycles. The molecule has 0 aliphatic rings. The van der Waals surface area contributed by atoms with E-state index in [1.54, 1.807) is 0 Å². The Bertz CT molecular complexity index is 856. The second-order valence-electron chi connectivity index (χ2n) is 5.04. The second kappa shape index (κ2) is 6.22.